The minimum absolute atomic E-state index is 0.146. The van der Waals surface area contributed by atoms with Crippen molar-refractivity contribution in [1.82, 2.24) is 9.62 Å². The zero-order chi connectivity index (χ0) is 19.2. The van der Waals surface area contributed by atoms with Gasteiger partial charge in [0.1, 0.15) is 5.75 Å². The molecule has 26 heavy (non-hydrogen) atoms. The van der Waals surface area contributed by atoms with Crippen LogP contribution >= 0.6 is 0 Å². The molecule has 0 aliphatic carbocycles. The highest BCUT2D eigenvalue weighted by molar-refractivity contribution is 7.89. The molecule has 0 bridgehead atoms. The molecule has 0 radical (unpaired) electrons. The molecule has 0 aliphatic rings. The molecule has 0 heterocycles. The predicted molar refractivity (Wildman–Crippen MR) is 101 cm³/mol. The van der Waals surface area contributed by atoms with E-state index in [1.807, 2.05) is 30.3 Å². The zero-order valence-electron chi connectivity index (χ0n) is 15.2. The van der Waals surface area contributed by atoms with Crippen LogP contribution < -0.4 is 10.1 Å². The van der Waals surface area contributed by atoms with Gasteiger partial charge in [0.05, 0.1) is 18.6 Å². The number of methoxy groups -OCH3 is 1. The molecular formula is C19H24N2O4S. The van der Waals surface area contributed by atoms with Gasteiger partial charge in [-0.1, -0.05) is 30.3 Å². The Morgan fingerprint density at radius 2 is 1.85 bits per heavy atom. The molecule has 6 nitrogen and oxygen atoms in total. The van der Waals surface area contributed by atoms with Crippen molar-refractivity contribution < 1.29 is 17.9 Å². The van der Waals surface area contributed by atoms with E-state index in [0.717, 1.165) is 11.1 Å². The van der Waals surface area contributed by atoms with Crippen molar-refractivity contribution >= 4 is 15.9 Å². The lowest BCUT2D eigenvalue weighted by Gasteiger charge is -2.22. The lowest BCUT2D eigenvalue weighted by atomic mass is 10.1. The third-order valence-electron chi connectivity index (χ3n) is 4.10. The summed E-state index contributed by atoms with van der Waals surface area (Å²) in [5.41, 5.74) is 1.73. The van der Waals surface area contributed by atoms with Gasteiger partial charge in [-0.3, -0.25) is 4.79 Å². The molecule has 0 fully saturated rings. The van der Waals surface area contributed by atoms with Crippen LogP contribution in [0.25, 0.3) is 0 Å². The Labute approximate surface area is 154 Å². The number of sulfonamides is 1. The van der Waals surface area contributed by atoms with Crippen LogP contribution in [-0.2, 0) is 21.2 Å². The number of ether oxygens (including phenoxy) is 1. The fraction of sp³-hybridized carbons (Fsp3) is 0.316. The lowest BCUT2D eigenvalue weighted by Crippen LogP contribution is -2.40. The number of nitrogens with one attached hydrogen (secondary N) is 1. The lowest BCUT2D eigenvalue weighted by molar-refractivity contribution is -0.120. The van der Waals surface area contributed by atoms with Gasteiger partial charge in [-0.05, 0) is 42.7 Å². The van der Waals surface area contributed by atoms with E-state index in [2.05, 4.69) is 5.32 Å². The van der Waals surface area contributed by atoms with Crippen LogP contribution in [0.1, 0.15) is 11.1 Å². The van der Waals surface area contributed by atoms with Crippen molar-refractivity contribution in [3.05, 3.63) is 59.7 Å². The number of hydrogen-bond acceptors (Lipinski definition) is 4. The Kier molecular flexibility index (Phi) is 6.76. The molecule has 7 heteroatoms. The van der Waals surface area contributed by atoms with Crippen molar-refractivity contribution in [2.45, 2.75) is 18.2 Å². The molecule has 0 aromatic heterocycles. The average molecular weight is 376 g/mol. The van der Waals surface area contributed by atoms with Gasteiger partial charge in [-0.25, -0.2) is 8.42 Å². The molecule has 1 amide bonds. The van der Waals surface area contributed by atoms with Gasteiger partial charge in [0.2, 0.25) is 15.9 Å². The van der Waals surface area contributed by atoms with Crippen molar-refractivity contribution in [2.75, 3.05) is 27.2 Å². The monoisotopic (exact) mass is 376 g/mol. The van der Waals surface area contributed by atoms with E-state index in [0.29, 0.717) is 12.2 Å². The Morgan fingerprint density at radius 3 is 2.42 bits per heavy atom. The highest BCUT2D eigenvalue weighted by Crippen LogP contribution is 2.24. The predicted octanol–water partition coefficient (Wildman–Crippen LogP) is 1.98. The molecule has 0 atom stereocenters. The van der Waals surface area contributed by atoms with Crippen LogP contribution in [0.3, 0.4) is 0 Å². The second kappa shape index (κ2) is 8.82. The van der Waals surface area contributed by atoms with Gasteiger partial charge in [0, 0.05) is 13.6 Å². The van der Waals surface area contributed by atoms with E-state index >= 15 is 0 Å². The number of aryl methyl sites for hydroxylation is 1. The summed E-state index contributed by atoms with van der Waals surface area (Å²) in [6.45, 7) is 1.77. The van der Waals surface area contributed by atoms with Crippen LogP contribution in [0.2, 0.25) is 0 Å². The molecule has 0 saturated carbocycles. The first kappa shape index (κ1) is 19.9. The Morgan fingerprint density at radius 1 is 1.15 bits per heavy atom. The molecule has 0 aliphatic heterocycles. The fourth-order valence-electron chi connectivity index (χ4n) is 2.58. The van der Waals surface area contributed by atoms with Crippen molar-refractivity contribution in [3.63, 3.8) is 0 Å². The second-order valence-corrected chi connectivity index (χ2v) is 7.82. The van der Waals surface area contributed by atoms with E-state index in [1.165, 1.54) is 24.5 Å². The van der Waals surface area contributed by atoms with Crippen molar-refractivity contribution in [1.29, 1.82) is 0 Å². The molecule has 0 unspecified atom stereocenters. The number of carbonyl (C=O) groups excluding carboxylic acids is 1. The summed E-state index contributed by atoms with van der Waals surface area (Å²) in [5, 5.41) is 2.48. The van der Waals surface area contributed by atoms with Crippen LogP contribution in [-0.4, -0.2) is 45.9 Å². The van der Waals surface area contributed by atoms with Gasteiger partial charge in [-0.15, -0.1) is 0 Å². The van der Waals surface area contributed by atoms with Gasteiger partial charge < -0.3 is 10.1 Å². The summed E-state index contributed by atoms with van der Waals surface area (Å²) in [4.78, 5) is 12.0. The zero-order valence-corrected chi connectivity index (χ0v) is 16.0. The summed E-state index contributed by atoms with van der Waals surface area (Å²) in [7, 11) is -0.783. The van der Waals surface area contributed by atoms with Gasteiger partial charge in [-0.2, -0.15) is 4.31 Å². The first-order valence-corrected chi connectivity index (χ1v) is 9.71. The number of nitrogens with zero attached hydrogens (tertiary/aromatic N) is 1. The molecule has 140 valence electrons. The Hall–Kier alpha value is -2.38. The Balaban J connectivity index is 2.29. The van der Waals surface area contributed by atoms with Crippen LogP contribution in [0.5, 0.6) is 5.75 Å². The van der Waals surface area contributed by atoms with Crippen LogP contribution in [0.4, 0.5) is 0 Å². The number of hydrogen-bond donors (Lipinski definition) is 1. The highest BCUT2D eigenvalue weighted by atomic mass is 32.2. The largest absolute Gasteiger partial charge is 0.496 e. The standard InChI is InChI=1S/C19H24N2O4S/c1-15-13-17(9-10-18(15)25-3)26(23,24)21(14-19(22)20-2)12-11-16-7-5-4-6-8-16/h4-10,13H,11-12,14H2,1-3H3,(H,20,22). The summed E-state index contributed by atoms with van der Waals surface area (Å²) >= 11 is 0. The molecule has 1 N–H and O–H groups in total. The number of benzene rings is 2. The average Bonchev–Trinajstić information content (AvgIpc) is 2.65. The fourth-order valence-corrected chi connectivity index (χ4v) is 4.07. The third-order valence-corrected chi connectivity index (χ3v) is 5.94. The maximum Gasteiger partial charge on any atom is 0.243 e. The maximum absolute atomic E-state index is 13.1. The van der Waals surface area contributed by atoms with Gasteiger partial charge in [0.25, 0.3) is 0 Å². The normalized spacial score (nSPS) is 11.4. The summed E-state index contributed by atoms with van der Waals surface area (Å²) in [6.07, 6.45) is 0.520. The summed E-state index contributed by atoms with van der Waals surface area (Å²) < 4.78 is 32.5. The van der Waals surface area contributed by atoms with E-state index in [4.69, 9.17) is 4.74 Å². The molecule has 0 spiro atoms. The Bertz CT molecular complexity index is 851. The number of amides is 1. The van der Waals surface area contributed by atoms with Crippen LogP contribution in [0, 0.1) is 6.92 Å². The minimum Gasteiger partial charge on any atom is -0.496 e. The minimum atomic E-state index is -3.81. The van der Waals surface area contributed by atoms with E-state index < -0.39 is 10.0 Å². The molecule has 2 rings (SSSR count). The van der Waals surface area contributed by atoms with Crippen molar-refractivity contribution in [2.24, 2.45) is 0 Å². The number of likely N-dealkylation sites (N-methyl/N-ethyl adjacent to an activating group) is 1. The third kappa shape index (κ3) is 4.83. The van der Waals surface area contributed by atoms with E-state index in [9.17, 15) is 13.2 Å². The van der Waals surface area contributed by atoms with Crippen molar-refractivity contribution in [3.8, 4) is 5.75 Å². The topological polar surface area (TPSA) is 75.7 Å². The first-order chi connectivity index (χ1) is 12.4. The smallest absolute Gasteiger partial charge is 0.243 e. The van der Waals surface area contributed by atoms with Gasteiger partial charge in [0.15, 0.2) is 0 Å². The van der Waals surface area contributed by atoms with Gasteiger partial charge >= 0.3 is 0 Å². The molecular weight excluding hydrogens is 352 g/mol. The molecule has 2 aromatic carbocycles. The van der Waals surface area contributed by atoms with E-state index in [1.54, 1.807) is 19.1 Å². The van der Waals surface area contributed by atoms with Crippen LogP contribution in [0.15, 0.2) is 53.4 Å². The maximum atomic E-state index is 13.1. The quantitative estimate of drug-likeness (QED) is 0.764. The number of carbonyl (C=O) groups is 1. The summed E-state index contributed by atoms with van der Waals surface area (Å²) in [5.74, 6) is 0.262. The highest BCUT2D eigenvalue weighted by Gasteiger charge is 2.26. The first-order valence-electron chi connectivity index (χ1n) is 8.27. The number of rotatable bonds is 8. The molecule has 0 saturated heterocycles. The summed E-state index contributed by atoms with van der Waals surface area (Å²) in [6, 6.07) is 14.3. The second-order valence-electron chi connectivity index (χ2n) is 5.88. The SMILES string of the molecule is CNC(=O)CN(CCc1ccccc1)S(=O)(=O)c1ccc(OC)c(C)c1. The van der Waals surface area contributed by atoms with E-state index in [-0.39, 0.29) is 23.9 Å². The molecule has 2 aromatic rings.